The number of aliphatic carboxylic acids is 1. The van der Waals surface area contributed by atoms with Crippen molar-refractivity contribution in [2.75, 3.05) is 26.3 Å². The molecule has 1 heterocycles. The van der Waals surface area contributed by atoms with E-state index in [1.807, 2.05) is 30.3 Å². The van der Waals surface area contributed by atoms with Gasteiger partial charge in [0.1, 0.15) is 0 Å². The van der Waals surface area contributed by atoms with E-state index >= 15 is 0 Å². The zero-order chi connectivity index (χ0) is 17.4. The van der Waals surface area contributed by atoms with E-state index in [-0.39, 0.29) is 44.2 Å². The zero-order valence-electron chi connectivity index (χ0n) is 13.4. The maximum Gasteiger partial charge on any atom is 0.305 e. The normalized spacial score (nSPS) is 17.3. The number of ether oxygens (including phenoxy) is 1. The Hall–Kier alpha value is -2.41. The smallest absolute Gasteiger partial charge is 0.305 e. The van der Waals surface area contributed by atoms with E-state index in [1.165, 1.54) is 0 Å². The van der Waals surface area contributed by atoms with Crippen LogP contribution in [0, 0.1) is 0 Å². The largest absolute Gasteiger partial charge is 0.481 e. The second-order valence-corrected chi connectivity index (χ2v) is 5.68. The summed E-state index contributed by atoms with van der Waals surface area (Å²) >= 11 is 0. The molecule has 7 nitrogen and oxygen atoms in total. The number of benzene rings is 1. The van der Waals surface area contributed by atoms with Crippen molar-refractivity contribution >= 4 is 17.8 Å². The molecule has 1 aromatic rings. The third kappa shape index (κ3) is 5.66. The highest BCUT2D eigenvalue weighted by molar-refractivity contribution is 5.81. The minimum atomic E-state index is -0.959. The molecular weight excluding hydrogens is 312 g/mol. The number of carboxylic acids is 1. The monoisotopic (exact) mass is 334 g/mol. The average molecular weight is 334 g/mol. The molecule has 2 N–H and O–H groups in total. The van der Waals surface area contributed by atoms with Crippen molar-refractivity contribution in [3.8, 4) is 0 Å². The van der Waals surface area contributed by atoms with Gasteiger partial charge in [0.25, 0.3) is 0 Å². The van der Waals surface area contributed by atoms with Gasteiger partial charge in [-0.15, -0.1) is 0 Å². The van der Waals surface area contributed by atoms with Crippen LogP contribution in [0.2, 0.25) is 0 Å². The van der Waals surface area contributed by atoms with Gasteiger partial charge in [0.15, 0.2) is 0 Å². The van der Waals surface area contributed by atoms with Crippen molar-refractivity contribution in [2.24, 2.45) is 0 Å². The molecule has 0 aromatic heterocycles. The lowest BCUT2D eigenvalue weighted by atomic mass is 10.1. The maximum absolute atomic E-state index is 12.3. The summed E-state index contributed by atoms with van der Waals surface area (Å²) in [7, 11) is 0. The Morgan fingerprint density at radius 3 is 2.71 bits per heavy atom. The fourth-order valence-electron chi connectivity index (χ4n) is 2.65. The van der Waals surface area contributed by atoms with Crippen LogP contribution in [-0.4, -0.2) is 60.1 Å². The SMILES string of the molecule is O=C(O)CC1COCCN1C(=O)CCNC(=O)Cc1ccccc1. The number of nitrogens with one attached hydrogen (secondary N) is 1. The molecule has 1 unspecified atom stereocenters. The molecule has 0 aliphatic carbocycles. The lowest BCUT2D eigenvalue weighted by Crippen LogP contribution is -2.50. The average Bonchev–Trinajstić information content (AvgIpc) is 2.55. The fraction of sp³-hybridized carbons (Fsp3) is 0.471. The van der Waals surface area contributed by atoms with Crippen molar-refractivity contribution in [3.63, 3.8) is 0 Å². The predicted molar refractivity (Wildman–Crippen MR) is 86.3 cm³/mol. The number of nitrogens with zero attached hydrogens (tertiary/aromatic N) is 1. The Morgan fingerprint density at radius 1 is 1.25 bits per heavy atom. The molecule has 0 radical (unpaired) electrons. The summed E-state index contributed by atoms with van der Waals surface area (Å²) in [4.78, 5) is 36.5. The summed E-state index contributed by atoms with van der Waals surface area (Å²) in [6.45, 7) is 1.26. The van der Waals surface area contributed by atoms with Gasteiger partial charge in [-0.1, -0.05) is 30.3 Å². The molecular formula is C17H22N2O5. The predicted octanol–water partition coefficient (Wildman–Crippen LogP) is 0.438. The molecule has 1 aliphatic rings. The number of hydrogen-bond acceptors (Lipinski definition) is 4. The fourth-order valence-corrected chi connectivity index (χ4v) is 2.65. The zero-order valence-corrected chi connectivity index (χ0v) is 13.4. The standard InChI is InChI=1S/C17H22N2O5/c20-15(10-13-4-2-1-3-5-13)18-7-6-16(21)19-8-9-24-12-14(19)11-17(22)23/h1-5,14H,6-12H2,(H,18,20)(H,22,23). The van der Waals surface area contributed by atoms with Crippen LogP contribution in [0.5, 0.6) is 0 Å². The van der Waals surface area contributed by atoms with Crippen LogP contribution >= 0.6 is 0 Å². The molecule has 7 heteroatoms. The van der Waals surface area contributed by atoms with Gasteiger partial charge in [0.05, 0.1) is 32.1 Å². The quantitative estimate of drug-likeness (QED) is 0.754. The molecule has 2 amide bonds. The van der Waals surface area contributed by atoms with Crippen LogP contribution in [0.15, 0.2) is 30.3 Å². The minimum Gasteiger partial charge on any atom is -0.481 e. The van der Waals surface area contributed by atoms with Gasteiger partial charge in [-0.25, -0.2) is 0 Å². The topological polar surface area (TPSA) is 95.9 Å². The summed E-state index contributed by atoms with van der Waals surface area (Å²) in [6.07, 6.45) is 0.289. The summed E-state index contributed by atoms with van der Waals surface area (Å²) in [5, 5.41) is 11.6. The molecule has 1 fully saturated rings. The highest BCUT2D eigenvalue weighted by Crippen LogP contribution is 2.12. The molecule has 1 aliphatic heterocycles. The Kier molecular flexibility index (Phi) is 6.74. The number of rotatable bonds is 7. The molecule has 0 spiro atoms. The van der Waals surface area contributed by atoms with Gasteiger partial charge in [-0.2, -0.15) is 0 Å². The van der Waals surface area contributed by atoms with E-state index in [4.69, 9.17) is 9.84 Å². The lowest BCUT2D eigenvalue weighted by molar-refractivity contribution is -0.146. The molecule has 0 bridgehead atoms. The van der Waals surface area contributed by atoms with Gasteiger partial charge < -0.3 is 20.1 Å². The highest BCUT2D eigenvalue weighted by Gasteiger charge is 2.28. The Balaban J connectivity index is 1.75. The Bertz CT molecular complexity index is 576. The molecule has 1 atom stereocenters. The minimum absolute atomic E-state index is 0.133. The second-order valence-electron chi connectivity index (χ2n) is 5.68. The van der Waals surface area contributed by atoms with Crippen LogP contribution in [0.1, 0.15) is 18.4 Å². The van der Waals surface area contributed by atoms with Crippen molar-refractivity contribution < 1.29 is 24.2 Å². The van der Waals surface area contributed by atoms with Gasteiger partial charge in [-0.3, -0.25) is 14.4 Å². The number of carbonyl (C=O) groups is 3. The third-order valence-electron chi connectivity index (χ3n) is 3.83. The summed E-state index contributed by atoms with van der Waals surface area (Å²) in [6, 6.07) is 8.92. The number of carboxylic acid groups (broad SMARTS) is 1. The molecule has 0 saturated carbocycles. The van der Waals surface area contributed by atoms with Gasteiger partial charge in [-0.05, 0) is 5.56 Å². The van der Waals surface area contributed by atoms with Crippen molar-refractivity contribution in [3.05, 3.63) is 35.9 Å². The van der Waals surface area contributed by atoms with Crippen LogP contribution in [0.25, 0.3) is 0 Å². The van der Waals surface area contributed by atoms with Gasteiger partial charge in [0.2, 0.25) is 11.8 Å². The van der Waals surface area contributed by atoms with Crippen LogP contribution in [0.3, 0.4) is 0 Å². The van der Waals surface area contributed by atoms with Crippen LogP contribution in [0.4, 0.5) is 0 Å². The highest BCUT2D eigenvalue weighted by atomic mass is 16.5. The summed E-state index contributed by atoms with van der Waals surface area (Å²) in [5.74, 6) is -1.26. The summed E-state index contributed by atoms with van der Waals surface area (Å²) < 4.78 is 5.25. The Labute approximate surface area is 140 Å². The number of amides is 2. The second kappa shape index (κ2) is 9.02. The first-order valence-electron chi connectivity index (χ1n) is 7.96. The molecule has 24 heavy (non-hydrogen) atoms. The molecule has 1 aromatic carbocycles. The van der Waals surface area contributed by atoms with E-state index in [0.29, 0.717) is 13.2 Å². The first kappa shape index (κ1) is 17.9. The van der Waals surface area contributed by atoms with E-state index in [2.05, 4.69) is 5.32 Å². The van der Waals surface area contributed by atoms with Gasteiger partial charge in [0, 0.05) is 19.5 Å². The van der Waals surface area contributed by atoms with Crippen molar-refractivity contribution in [2.45, 2.75) is 25.3 Å². The molecule has 1 saturated heterocycles. The third-order valence-corrected chi connectivity index (χ3v) is 3.83. The number of hydrogen-bond donors (Lipinski definition) is 2. The summed E-state index contributed by atoms with van der Waals surface area (Å²) in [5.41, 5.74) is 0.913. The van der Waals surface area contributed by atoms with E-state index in [0.717, 1.165) is 5.56 Å². The van der Waals surface area contributed by atoms with E-state index in [9.17, 15) is 14.4 Å². The van der Waals surface area contributed by atoms with Crippen LogP contribution in [-0.2, 0) is 25.5 Å². The van der Waals surface area contributed by atoms with Crippen LogP contribution < -0.4 is 5.32 Å². The molecule has 130 valence electrons. The first-order valence-corrected chi connectivity index (χ1v) is 7.96. The molecule has 2 rings (SSSR count). The maximum atomic E-state index is 12.3. The lowest BCUT2D eigenvalue weighted by Gasteiger charge is -2.35. The van der Waals surface area contributed by atoms with E-state index in [1.54, 1.807) is 4.90 Å². The van der Waals surface area contributed by atoms with Crippen molar-refractivity contribution in [1.29, 1.82) is 0 Å². The van der Waals surface area contributed by atoms with Gasteiger partial charge >= 0.3 is 5.97 Å². The number of morpholine rings is 1. The van der Waals surface area contributed by atoms with E-state index < -0.39 is 12.0 Å². The van der Waals surface area contributed by atoms with Crippen molar-refractivity contribution in [1.82, 2.24) is 10.2 Å². The number of carbonyl (C=O) groups excluding carboxylic acids is 2. The first-order chi connectivity index (χ1) is 11.6. The Morgan fingerprint density at radius 2 is 2.00 bits per heavy atom.